The van der Waals surface area contributed by atoms with Crippen LogP contribution in [-0.2, 0) is 0 Å². The van der Waals surface area contributed by atoms with Crippen LogP contribution in [0.1, 0.15) is 0 Å². The minimum Gasteiger partial charge on any atom is -0.309 e. The first kappa shape index (κ1) is 31.7. The van der Waals surface area contributed by atoms with Crippen LogP contribution in [0.2, 0.25) is 0 Å². The lowest BCUT2D eigenvalue weighted by atomic mass is 10.0. The van der Waals surface area contributed by atoms with Crippen LogP contribution >= 0.6 is 0 Å². The Morgan fingerprint density at radius 2 is 0.596 bits per heavy atom. The highest BCUT2D eigenvalue weighted by atomic mass is 15.0. The normalized spacial score (nSPS) is 11.9. The summed E-state index contributed by atoms with van der Waals surface area (Å²) in [5, 5.41) is 7.53. The standard InChI is InChI=1S/C54H35N3/c1-3-14-36(15-4-1)38-16-13-19-42(32-38)57-51-25-12-9-22-45(51)48-34-47-44-21-8-11-24-50(44)56(53(47)35-54(48)57)41-29-26-37(27-30-41)39-28-31-52-46(33-39)43-20-7-10-23-49(43)55(52)40-17-5-2-6-18-40/h1-35H. The zero-order valence-corrected chi connectivity index (χ0v) is 31.0. The van der Waals surface area contributed by atoms with E-state index in [-0.39, 0.29) is 0 Å². The van der Waals surface area contributed by atoms with Crippen LogP contribution in [0.3, 0.4) is 0 Å². The lowest BCUT2D eigenvalue weighted by Crippen LogP contribution is -1.96. The third-order valence-electron chi connectivity index (χ3n) is 11.8. The first-order valence-electron chi connectivity index (χ1n) is 19.6. The number of fused-ring (bicyclic) bond motifs is 9. The van der Waals surface area contributed by atoms with Gasteiger partial charge in [0, 0.05) is 49.4 Å². The maximum atomic E-state index is 2.44. The third kappa shape index (κ3) is 4.86. The van der Waals surface area contributed by atoms with Crippen molar-refractivity contribution in [3.63, 3.8) is 0 Å². The Morgan fingerprint density at radius 3 is 1.23 bits per heavy atom. The summed E-state index contributed by atoms with van der Waals surface area (Å²) in [5.74, 6) is 0. The molecule has 3 aromatic heterocycles. The van der Waals surface area contributed by atoms with Crippen molar-refractivity contribution < 1.29 is 0 Å². The summed E-state index contributed by atoms with van der Waals surface area (Å²) in [4.78, 5) is 0. The van der Waals surface area contributed by atoms with Crippen LogP contribution in [0.4, 0.5) is 0 Å². The topological polar surface area (TPSA) is 14.8 Å². The van der Waals surface area contributed by atoms with E-state index in [9.17, 15) is 0 Å². The number of rotatable bonds is 5. The zero-order chi connectivity index (χ0) is 37.5. The van der Waals surface area contributed by atoms with Crippen molar-refractivity contribution >= 4 is 65.4 Å². The second-order valence-corrected chi connectivity index (χ2v) is 15.0. The molecule has 3 heteroatoms. The van der Waals surface area contributed by atoms with Crippen LogP contribution in [-0.4, -0.2) is 13.7 Å². The molecular weight excluding hydrogens is 691 g/mol. The summed E-state index contributed by atoms with van der Waals surface area (Å²) >= 11 is 0. The van der Waals surface area contributed by atoms with Crippen LogP contribution in [0.5, 0.6) is 0 Å². The van der Waals surface area contributed by atoms with Crippen LogP contribution in [0.15, 0.2) is 212 Å². The maximum Gasteiger partial charge on any atom is 0.0562 e. The van der Waals surface area contributed by atoms with E-state index in [2.05, 4.69) is 226 Å². The van der Waals surface area contributed by atoms with Gasteiger partial charge in [-0.2, -0.15) is 0 Å². The Morgan fingerprint density at radius 1 is 0.193 bits per heavy atom. The molecule has 9 aromatic carbocycles. The number of nitrogens with zero attached hydrogens (tertiary/aromatic N) is 3. The molecule has 0 radical (unpaired) electrons. The molecule has 12 aromatic rings. The molecule has 0 amide bonds. The highest BCUT2D eigenvalue weighted by Gasteiger charge is 2.19. The first-order valence-corrected chi connectivity index (χ1v) is 19.6. The van der Waals surface area contributed by atoms with Crippen molar-refractivity contribution in [1.82, 2.24) is 13.7 Å². The van der Waals surface area contributed by atoms with E-state index in [0.29, 0.717) is 0 Å². The van der Waals surface area contributed by atoms with Crippen LogP contribution in [0.25, 0.3) is 105 Å². The number of hydrogen-bond acceptors (Lipinski definition) is 0. The minimum atomic E-state index is 1.14. The number of para-hydroxylation sites is 4. The molecule has 3 heterocycles. The van der Waals surface area contributed by atoms with Crippen molar-refractivity contribution in [1.29, 1.82) is 0 Å². The zero-order valence-electron chi connectivity index (χ0n) is 31.0. The predicted molar refractivity (Wildman–Crippen MR) is 240 cm³/mol. The van der Waals surface area contributed by atoms with Gasteiger partial charge in [0.2, 0.25) is 0 Å². The van der Waals surface area contributed by atoms with Gasteiger partial charge in [-0.15, -0.1) is 0 Å². The minimum absolute atomic E-state index is 1.14. The second kappa shape index (κ2) is 12.5. The highest BCUT2D eigenvalue weighted by molar-refractivity contribution is 6.19. The molecule has 12 rings (SSSR count). The van der Waals surface area contributed by atoms with Gasteiger partial charge in [0.25, 0.3) is 0 Å². The first-order chi connectivity index (χ1) is 28.3. The van der Waals surface area contributed by atoms with E-state index in [1.807, 2.05) is 0 Å². The number of hydrogen-bond donors (Lipinski definition) is 0. The van der Waals surface area contributed by atoms with E-state index >= 15 is 0 Å². The molecule has 3 nitrogen and oxygen atoms in total. The molecule has 0 saturated carbocycles. The second-order valence-electron chi connectivity index (χ2n) is 15.0. The van der Waals surface area contributed by atoms with Crippen LogP contribution in [0, 0.1) is 0 Å². The lowest BCUT2D eigenvalue weighted by molar-refractivity contribution is 1.16. The SMILES string of the molecule is c1ccc(-c2cccc(-n3c4ccccc4c4cc5c6ccccc6n(-c6ccc(-c7ccc8c(c7)c7ccccc7n8-c7ccccc7)cc6)c5cc43)c2)cc1. The van der Waals surface area contributed by atoms with E-state index in [1.54, 1.807) is 0 Å². The van der Waals surface area contributed by atoms with E-state index in [0.717, 1.165) is 11.4 Å². The van der Waals surface area contributed by atoms with Gasteiger partial charge in [-0.25, -0.2) is 0 Å². The van der Waals surface area contributed by atoms with E-state index in [1.165, 1.54) is 93.4 Å². The fourth-order valence-corrected chi connectivity index (χ4v) is 9.25. The Kier molecular flexibility index (Phi) is 6.93. The van der Waals surface area contributed by atoms with Gasteiger partial charge in [0.1, 0.15) is 0 Å². The molecular formula is C54H35N3. The molecule has 0 saturated heterocycles. The Hall–Kier alpha value is -7.62. The van der Waals surface area contributed by atoms with E-state index < -0.39 is 0 Å². The van der Waals surface area contributed by atoms with Gasteiger partial charge in [-0.3, -0.25) is 0 Å². The molecule has 0 aliphatic heterocycles. The summed E-state index contributed by atoms with van der Waals surface area (Å²) < 4.78 is 7.25. The van der Waals surface area contributed by atoms with Gasteiger partial charge < -0.3 is 13.7 Å². The summed E-state index contributed by atoms with van der Waals surface area (Å²) in [7, 11) is 0. The number of benzene rings is 9. The Labute approximate surface area is 329 Å². The maximum absolute atomic E-state index is 2.44. The summed E-state index contributed by atoms with van der Waals surface area (Å²) in [6.45, 7) is 0. The molecule has 0 aliphatic carbocycles. The van der Waals surface area contributed by atoms with Gasteiger partial charge in [-0.05, 0) is 101 Å². The van der Waals surface area contributed by atoms with Crippen molar-refractivity contribution in [2.24, 2.45) is 0 Å². The Bertz CT molecular complexity index is 3490. The lowest BCUT2D eigenvalue weighted by Gasteiger charge is -2.12. The van der Waals surface area contributed by atoms with Gasteiger partial charge in [0.15, 0.2) is 0 Å². The smallest absolute Gasteiger partial charge is 0.0562 e. The summed E-state index contributed by atoms with van der Waals surface area (Å²) in [5.41, 5.74) is 15.5. The summed E-state index contributed by atoms with van der Waals surface area (Å²) in [6, 6.07) is 77.4. The Balaban J connectivity index is 1.03. The third-order valence-corrected chi connectivity index (χ3v) is 11.8. The monoisotopic (exact) mass is 725 g/mol. The van der Waals surface area contributed by atoms with Crippen molar-refractivity contribution in [3.8, 4) is 39.3 Å². The molecule has 0 bridgehead atoms. The average Bonchev–Trinajstić information content (AvgIpc) is 3.91. The van der Waals surface area contributed by atoms with Gasteiger partial charge in [0.05, 0.1) is 33.1 Å². The van der Waals surface area contributed by atoms with Crippen molar-refractivity contribution in [3.05, 3.63) is 212 Å². The molecule has 57 heavy (non-hydrogen) atoms. The molecule has 266 valence electrons. The number of aromatic nitrogens is 3. The molecule has 0 spiro atoms. The van der Waals surface area contributed by atoms with Gasteiger partial charge in [-0.1, -0.05) is 133 Å². The predicted octanol–water partition coefficient (Wildman–Crippen LogP) is 14.3. The van der Waals surface area contributed by atoms with E-state index in [4.69, 9.17) is 0 Å². The van der Waals surface area contributed by atoms with Crippen LogP contribution < -0.4 is 0 Å². The van der Waals surface area contributed by atoms with Gasteiger partial charge >= 0.3 is 0 Å². The molecule has 0 fully saturated rings. The molecule has 0 unspecified atom stereocenters. The quantitative estimate of drug-likeness (QED) is 0.168. The largest absolute Gasteiger partial charge is 0.309 e. The molecule has 0 N–H and O–H groups in total. The fraction of sp³-hybridized carbons (Fsp3) is 0. The molecule has 0 aliphatic rings. The summed E-state index contributed by atoms with van der Waals surface area (Å²) in [6.07, 6.45) is 0. The molecule has 0 atom stereocenters. The average molecular weight is 726 g/mol. The highest BCUT2D eigenvalue weighted by Crippen LogP contribution is 2.41. The van der Waals surface area contributed by atoms with Crippen molar-refractivity contribution in [2.45, 2.75) is 0 Å². The van der Waals surface area contributed by atoms with Crippen molar-refractivity contribution in [2.75, 3.05) is 0 Å². The fourth-order valence-electron chi connectivity index (χ4n) is 9.25.